The fourth-order valence-electron chi connectivity index (χ4n) is 2.25. The van der Waals surface area contributed by atoms with Crippen LogP contribution in [0.1, 0.15) is 16.7 Å². The number of benzene rings is 2. The van der Waals surface area contributed by atoms with E-state index in [1.807, 2.05) is 26.0 Å². The minimum Gasteiger partial charge on any atom is -0.490 e. The van der Waals surface area contributed by atoms with E-state index in [1.54, 1.807) is 12.1 Å². The van der Waals surface area contributed by atoms with Crippen LogP contribution in [0.25, 0.3) is 0 Å². The highest BCUT2D eigenvalue weighted by molar-refractivity contribution is 5.84. The summed E-state index contributed by atoms with van der Waals surface area (Å²) in [6.07, 6.45) is 1.31. The highest BCUT2D eigenvalue weighted by Gasteiger charge is 2.14. The summed E-state index contributed by atoms with van der Waals surface area (Å²) < 4.78 is 10.4. The van der Waals surface area contributed by atoms with Gasteiger partial charge in [0.25, 0.3) is 5.91 Å². The van der Waals surface area contributed by atoms with Gasteiger partial charge in [0.05, 0.1) is 18.2 Å². The zero-order valence-electron chi connectivity index (χ0n) is 14.7. The van der Waals surface area contributed by atoms with Gasteiger partial charge in [-0.05, 0) is 37.6 Å². The van der Waals surface area contributed by atoms with Crippen LogP contribution in [-0.4, -0.2) is 30.8 Å². The summed E-state index contributed by atoms with van der Waals surface area (Å²) in [5.74, 6) is 0.336. The highest BCUT2D eigenvalue weighted by Crippen LogP contribution is 2.26. The molecule has 0 saturated carbocycles. The van der Waals surface area contributed by atoms with Gasteiger partial charge in [0.15, 0.2) is 12.4 Å². The fraction of sp³-hybridized carbons (Fsp3) is 0.222. The summed E-state index contributed by atoms with van der Waals surface area (Å²) in [5.41, 5.74) is 4.63. The minimum atomic E-state index is -0.549. The maximum absolute atomic E-state index is 11.8. The summed E-state index contributed by atoms with van der Waals surface area (Å²) in [6, 6.07) is 10.0. The molecule has 136 valence electrons. The van der Waals surface area contributed by atoms with Crippen LogP contribution >= 0.6 is 0 Å². The van der Waals surface area contributed by atoms with Gasteiger partial charge in [-0.3, -0.25) is 14.9 Å². The number of nitro benzene ring substituents is 1. The van der Waals surface area contributed by atoms with E-state index in [4.69, 9.17) is 9.47 Å². The Labute approximate surface area is 150 Å². The van der Waals surface area contributed by atoms with E-state index in [-0.39, 0.29) is 18.0 Å². The Bertz CT molecular complexity index is 849. The topological polar surface area (TPSA) is 103 Å². The molecule has 0 spiro atoms. The van der Waals surface area contributed by atoms with Crippen molar-refractivity contribution < 1.29 is 19.2 Å². The first-order valence-electron chi connectivity index (χ1n) is 7.75. The third-order valence-corrected chi connectivity index (χ3v) is 3.49. The standard InChI is InChI=1S/C18H19N3O5/c1-12-4-6-16(13(2)8-12)26-11-18(22)20-19-10-14-5-7-17(25-3)15(9-14)21(23)24/h4-10H,11H2,1-3H3,(H,20,22). The monoisotopic (exact) mass is 357 g/mol. The molecule has 0 aliphatic carbocycles. The molecule has 26 heavy (non-hydrogen) atoms. The van der Waals surface area contributed by atoms with Gasteiger partial charge < -0.3 is 9.47 Å². The number of hydrogen-bond donors (Lipinski definition) is 1. The average molecular weight is 357 g/mol. The summed E-state index contributed by atoms with van der Waals surface area (Å²) in [7, 11) is 1.35. The number of nitrogens with one attached hydrogen (secondary N) is 1. The number of ether oxygens (including phenoxy) is 2. The predicted octanol–water partition coefficient (Wildman–Crippen LogP) is 2.75. The van der Waals surface area contributed by atoms with Crippen molar-refractivity contribution in [3.05, 3.63) is 63.2 Å². The molecule has 0 aliphatic rings. The van der Waals surface area contributed by atoms with Crippen molar-refractivity contribution in [2.24, 2.45) is 5.10 Å². The third-order valence-electron chi connectivity index (χ3n) is 3.49. The van der Waals surface area contributed by atoms with E-state index in [2.05, 4.69) is 10.5 Å². The summed E-state index contributed by atoms with van der Waals surface area (Å²) in [5, 5.41) is 14.8. The maximum Gasteiger partial charge on any atom is 0.311 e. The molecule has 8 nitrogen and oxygen atoms in total. The van der Waals surface area contributed by atoms with Gasteiger partial charge in [-0.1, -0.05) is 17.7 Å². The molecule has 8 heteroatoms. The molecule has 2 aromatic carbocycles. The maximum atomic E-state index is 11.8. The van der Waals surface area contributed by atoms with Crippen molar-refractivity contribution >= 4 is 17.8 Å². The number of methoxy groups -OCH3 is 1. The smallest absolute Gasteiger partial charge is 0.311 e. The largest absolute Gasteiger partial charge is 0.490 e. The predicted molar refractivity (Wildman–Crippen MR) is 96.8 cm³/mol. The van der Waals surface area contributed by atoms with E-state index in [1.165, 1.54) is 25.5 Å². The number of nitro groups is 1. The van der Waals surface area contributed by atoms with Crippen molar-refractivity contribution in [1.29, 1.82) is 0 Å². The second-order valence-corrected chi connectivity index (χ2v) is 5.54. The summed E-state index contributed by atoms with van der Waals surface area (Å²) in [4.78, 5) is 22.2. The molecule has 0 radical (unpaired) electrons. The Hall–Kier alpha value is -3.42. The number of carbonyl (C=O) groups is 1. The van der Waals surface area contributed by atoms with Gasteiger partial charge in [0, 0.05) is 11.6 Å². The molecule has 0 aromatic heterocycles. The Kier molecular flexibility index (Phi) is 6.26. The first-order chi connectivity index (χ1) is 12.4. The molecular weight excluding hydrogens is 338 g/mol. The number of hydrazone groups is 1. The van der Waals surface area contributed by atoms with Gasteiger partial charge >= 0.3 is 5.69 Å². The van der Waals surface area contributed by atoms with E-state index in [9.17, 15) is 14.9 Å². The lowest BCUT2D eigenvalue weighted by Crippen LogP contribution is -2.24. The highest BCUT2D eigenvalue weighted by atomic mass is 16.6. The molecule has 1 N–H and O–H groups in total. The quantitative estimate of drug-likeness (QED) is 0.466. The van der Waals surface area contributed by atoms with Crippen molar-refractivity contribution in [2.75, 3.05) is 13.7 Å². The van der Waals surface area contributed by atoms with E-state index in [0.29, 0.717) is 11.3 Å². The van der Waals surface area contributed by atoms with Crippen LogP contribution in [0.5, 0.6) is 11.5 Å². The lowest BCUT2D eigenvalue weighted by Gasteiger charge is -2.08. The van der Waals surface area contributed by atoms with Crippen molar-refractivity contribution in [3.8, 4) is 11.5 Å². The lowest BCUT2D eigenvalue weighted by molar-refractivity contribution is -0.385. The zero-order chi connectivity index (χ0) is 19.1. The van der Waals surface area contributed by atoms with Gasteiger partial charge in [0.2, 0.25) is 0 Å². The van der Waals surface area contributed by atoms with Gasteiger partial charge in [-0.15, -0.1) is 0 Å². The van der Waals surface area contributed by atoms with Crippen molar-refractivity contribution in [1.82, 2.24) is 5.43 Å². The van der Waals surface area contributed by atoms with Crippen LogP contribution in [0.4, 0.5) is 5.69 Å². The van der Waals surface area contributed by atoms with E-state index in [0.717, 1.165) is 11.1 Å². The molecular formula is C18H19N3O5. The first kappa shape index (κ1) is 18.9. The summed E-state index contributed by atoms with van der Waals surface area (Å²) in [6.45, 7) is 3.68. The number of aryl methyl sites for hydroxylation is 2. The van der Waals surface area contributed by atoms with E-state index >= 15 is 0 Å². The number of amides is 1. The van der Waals surface area contributed by atoms with Crippen molar-refractivity contribution in [2.45, 2.75) is 13.8 Å². The van der Waals surface area contributed by atoms with Gasteiger partial charge in [-0.2, -0.15) is 5.10 Å². The molecule has 1 amide bonds. The second-order valence-electron chi connectivity index (χ2n) is 5.54. The van der Waals surface area contributed by atoms with E-state index < -0.39 is 10.8 Å². The van der Waals surface area contributed by atoms with Crippen molar-refractivity contribution in [3.63, 3.8) is 0 Å². The molecule has 2 aromatic rings. The average Bonchev–Trinajstić information content (AvgIpc) is 2.60. The molecule has 0 fully saturated rings. The van der Waals surface area contributed by atoms with Gasteiger partial charge in [-0.25, -0.2) is 5.43 Å². The molecule has 0 saturated heterocycles. The molecule has 2 rings (SSSR count). The van der Waals surface area contributed by atoms with Gasteiger partial charge in [0.1, 0.15) is 5.75 Å². The minimum absolute atomic E-state index is 0.151. The second kappa shape index (κ2) is 8.61. The summed E-state index contributed by atoms with van der Waals surface area (Å²) >= 11 is 0. The molecule has 0 aliphatic heterocycles. The molecule has 0 unspecified atom stereocenters. The zero-order valence-corrected chi connectivity index (χ0v) is 14.7. The Morgan fingerprint density at radius 1 is 1.23 bits per heavy atom. The number of nitrogens with zero attached hydrogens (tertiary/aromatic N) is 2. The molecule has 0 bridgehead atoms. The van der Waals surface area contributed by atoms with Crippen LogP contribution in [0.3, 0.4) is 0 Å². The lowest BCUT2D eigenvalue weighted by atomic mass is 10.1. The van der Waals surface area contributed by atoms with Crippen LogP contribution < -0.4 is 14.9 Å². The van der Waals surface area contributed by atoms with Crippen LogP contribution in [0.15, 0.2) is 41.5 Å². The molecule has 0 atom stereocenters. The van der Waals surface area contributed by atoms with Crippen LogP contribution in [0.2, 0.25) is 0 Å². The fourth-order valence-corrected chi connectivity index (χ4v) is 2.25. The molecule has 0 heterocycles. The number of hydrogen-bond acceptors (Lipinski definition) is 6. The Morgan fingerprint density at radius 2 is 1.96 bits per heavy atom. The Morgan fingerprint density at radius 3 is 2.62 bits per heavy atom. The number of carbonyl (C=O) groups excluding carboxylic acids is 1. The first-order valence-corrected chi connectivity index (χ1v) is 7.75. The Balaban J connectivity index is 1.92. The third kappa shape index (κ3) is 5.04. The van der Waals surface area contributed by atoms with Crippen LogP contribution in [-0.2, 0) is 4.79 Å². The normalized spacial score (nSPS) is 10.6. The SMILES string of the molecule is COc1ccc(C=NNC(=O)COc2ccc(C)cc2C)cc1[N+](=O)[O-]. The number of rotatable bonds is 7. The van der Waals surface area contributed by atoms with Crippen LogP contribution in [0, 0.1) is 24.0 Å².